The van der Waals surface area contributed by atoms with Crippen LogP contribution in [0.1, 0.15) is 58.8 Å². The fourth-order valence-corrected chi connectivity index (χ4v) is 5.15. The zero-order valence-electron chi connectivity index (χ0n) is 12.5. The number of nitrogens with zero attached hydrogens (tertiary/aromatic N) is 1. The minimum absolute atomic E-state index is 0.574. The summed E-state index contributed by atoms with van der Waals surface area (Å²) in [5.41, 5.74) is 0.574. The molecule has 3 aliphatic rings. The van der Waals surface area contributed by atoms with Gasteiger partial charge in [-0.25, -0.2) is 0 Å². The molecule has 0 aromatic heterocycles. The molecule has 2 nitrogen and oxygen atoms in total. The summed E-state index contributed by atoms with van der Waals surface area (Å²) < 4.78 is 0. The third-order valence-corrected chi connectivity index (χ3v) is 6.94. The van der Waals surface area contributed by atoms with Crippen molar-refractivity contribution in [3.63, 3.8) is 0 Å². The molecule has 1 spiro atoms. The van der Waals surface area contributed by atoms with Gasteiger partial charge >= 0.3 is 0 Å². The summed E-state index contributed by atoms with van der Waals surface area (Å²) in [6.07, 6.45) is 9.71. The molecule has 0 bridgehead atoms. The summed E-state index contributed by atoms with van der Waals surface area (Å²) in [5.74, 6) is 3.07. The second-order valence-corrected chi connectivity index (χ2v) is 8.19. The van der Waals surface area contributed by atoms with Gasteiger partial charge < -0.3 is 5.32 Å². The number of hydrogen-bond acceptors (Lipinski definition) is 3. The van der Waals surface area contributed by atoms with Crippen molar-refractivity contribution in [2.45, 2.75) is 64.8 Å². The smallest absolute Gasteiger partial charge is 0.156 e. The first-order valence-electron chi connectivity index (χ1n) is 8.11. The van der Waals surface area contributed by atoms with Crippen LogP contribution in [0.5, 0.6) is 0 Å². The first-order chi connectivity index (χ1) is 9.17. The first kappa shape index (κ1) is 13.8. The highest BCUT2D eigenvalue weighted by Gasteiger charge is 2.37. The monoisotopic (exact) mass is 280 g/mol. The van der Waals surface area contributed by atoms with Crippen molar-refractivity contribution in [1.29, 1.82) is 0 Å². The van der Waals surface area contributed by atoms with Gasteiger partial charge in [0.1, 0.15) is 0 Å². The topological polar surface area (TPSA) is 24.4 Å². The summed E-state index contributed by atoms with van der Waals surface area (Å²) >= 11 is 1.99. The molecular weight excluding hydrogens is 252 g/mol. The molecule has 0 aromatic carbocycles. The molecule has 2 fully saturated rings. The van der Waals surface area contributed by atoms with Gasteiger partial charge in [0, 0.05) is 18.3 Å². The van der Waals surface area contributed by atoms with Gasteiger partial charge in [0.05, 0.1) is 0 Å². The Kier molecular flexibility index (Phi) is 4.11. The lowest BCUT2D eigenvalue weighted by Gasteiger charge is -2.36. The third kappa shape index (κ3) is 3.12. The number of rotatable bonds is 1. The van der Waals surface area contributed by atoms with Crippen LogP contribution in [0.25, 0.3) is 0 Å². The number of thioether (sulfide) groups is 1. The molecule has 1 heterocycles. The molecule has 1 N–H and O–H groups in total. The maximum absolute atomic E-state index is 4.87. The molecule has 0 amide bonds. The van der Waals surface area contributed by atoms with E-state index in [-0.39, 0.29) is 0 Å². The zero-order valence-corrected chi connectivity index (χ0v) is 13.3. The van der Waals surface area contributed by atoms with Crippen molar-refractivity contribution in [2.75, 3.05) is 12.3 Å². The average Bonchev–Trinajstić information content (AvgIpc) is 2.86. The standard InChI is InChI=1S/C16H28N2S/c1-12-5-6-14(9-13(12)2)18-15-17-10-16(11-19-15)7-3-4-8-16/h12-14H,3-11H2,1-2H3,(H,17,18). The highest BCUT2D eigenvalue weighted by Crippen LogP contribution is 2.43. The van der Waals surface area contributed by atoms with Crippen LogP contribution in [-0.4, -0.2) is 23.5 Å². The van der Waals surface area contributed by atoms with Crippen molar-refractivity contribution < 1.29 is 0 Å². The molecule has 3 rings (SSSR count). The average molecular weight is 280 g/mol. The van der Waals surface area contributed by atoms with Crippen LogP contribution in [0.3, 0.4) is 0 Å². The fraction of sp³-hybridized carbons (Fsp3) is 0.938. The van der Waals surface area contributed by atoms with E-state index >= 15 is 0 Å². The van der Waals surface area contributed by atoms with Crippen LogP contribution in [0.15, 0.2) is 4.99 Å². The van der Waals surface area contributed by atoms with Crippen LogP contribution >= 0.6 is 11.8 Å². The minimum Gasteiger partial charge on any atom is -0.362 e. The number of amidine groups is 1. The van der Waals surface area contributed by atoms with E-state index in [0.717, 1.165) is 18.4 Å². The van der Waals surface area contributed by atoms with Crippen LogP contribution in [0.4, 0.5) is 0 Å². The van der Waals surface area contributed by atoms with Crippen LogP contribution < -0.4 is 5.32 Å². The Morgan fingerprint density at radius 1 is 1.16 bits per heavy atom. The molecule has 0 saturated heterocycles. The molecule has 3 atom stereocenters. The van der Waals surface area contributed by atoms with Crippen molar-refractivity contribution in [2.24, 2.45) is 22.2 Å². The molecule has 2 saturated carbocycles. The molecule has 2 aliphatic carbocycles. The van der Waals surface area contributed by atoms with Gasteiger partial charge in [-0.3, -0.25) is 4.99 Å². The molecule has 19 heavy (non-hydrogen) atoms. The maximum atomic E-state index is 4.87. The van der Waals surface area contributed by atoms with Gasteiger partial charge in [-0.15, -0.1) is 0 Å². The largest absolute Gasteiger partial charge is 0.362 e. The van der Waals surface area contributed by atoms with E-state index < -0.39 is 0 Å². The van der Waals surface area contributed by atoms with E-state index in [1.165, 1.54) is 55.9 Å². The van der Waals surface area contributed by atoms with Crippen molar-refractivity contribution in [3.05, 3.63) is 0 Å². The lowest BCUT2D eigenvalue weighted by atomic mass is 9.79. The molecule has 0 radical (unpaired) electrons. The predicted molar refractivity (Wildman–Crippen MR) is 84.8 cm³/mol. The lowest BCUT2D eigenvalue weighted by Crippen LogP contribution is -2.41. The normalized spacial score (nSPS) is 38.2. The highest BCUT2D eigenvalue weighted by molar-refractivity contribution is 8.13. The van der Waals surface area contributed by atoms with Gasteiger partial charge in [0.25, 0.3) is 0 Å². The number of aliphatic imine (C=N–C) groups is 1. The van der Waals surface area contributed by atoms with E-state index in [1.807, 2.05) is 11.8 Å². The van der Waals surface area contributed by atoms with Crippen molar-refractivity contribution in [1.82, 2.24) is 5.32 Å². The zero-order chi connectivity index (χ0) is 13.3. The summed E-state index contributed by atoms with van der Waals surface area (Å²) in [7, 11) is 0. The van der Waals surface area contributed by atoms with E-state index in [9.17, 15) is 0 Å². The fourth-order valence-electron chi connectivity index (χ4n) is 3.92. The molecule has 0 aromatic rings. The predicted octanol–water partition coefficient (Wildman–Crippen LogP) is 4.06. The summed E-state index contributed by atoms with van der Waals surface area (Å²) in [6, 6.07) is 0.676. The Morgan fingerprint density at radius 3 is 2.58 bits per heavy atom. The van der Waals surface area contributed by atoms with E-state index in [0.29, 0.717) is 11.5 Å². The van der Waals surface area contributed by atoms with Gasteiger partial charge in [-0.1, -0.05) is 38.5 Å². The van der Waals surface area contributed by atoms with Crippen LogP contribution in [0, 0.1) is 17.3 Å². The Morgan fingerprint density at radius 2 is 1.95 bits per heavy atom. The van der Waals surface area contributed by atoms with Gasteiger partial charge in [0.2, 0.25) is 0 Å². The molecule has 108 valence electrons. The third-order valence-electron chi connectivity index (χ3n) is 5.66. The minimum atomic E-state index is 0.574. The van der Waals surface area contributed by atoms with E-state index in [1.54, 1.807) is 0 Å². The van der Waals surface area contributed by atoms with Crippen molar-refractivity contribution >= 4 is 16.9 Å². The van der Waals surface area contributed by atoms with Crippen LogP contribution in [0.2, 0.25) is 0 Å². The lowest BCUT2D eigenvalue weighted by molar-refractivity contribution is 0.240. The summed E-state index contributed by atoms with van der Waals surface area (Å²) in [4.78, 5) is 4.87. The molecule has 3 heteroatoms. The van der Waals surface area contributed by atoms with Gasteiger partial charge in [-0.2, -0.15) is 0 Å². The Labute approximate surface area is 122 Å². The van der Waals surface area contributed by atoms with E-state index in [2.05, 4.69) is 19.2 Å². The Balaban J connectivity index is 1.52. The summed E-state index contributed by atoms with van der Waals surface area (Å²) in [6.45, 7) is 5.89. The number of hydrogen-bond donors (Lipinski definition) is 1. The summed E-state index contributed by atoms with van der Waals surface area (Å²) in [5, 5.41) is 4.97. The maximum Gasteiger partial charge on any atom is 0.156 e. The van der Waals surface area contributed by atoms with Crippen LogP contribution in [-0.2, 0) is 0 Å². The second kappa shape index (κ2) is 5.67. The molecule has 1 aliphatic heterocycles. The second-order valence-electron chi connectivity index (χ2n) is 7.23. The highest BCUT2D eigenvalue weighted by atomic mass is 32.2. The van der Waals surface area contributed by atoms with Gasteiger partial charge in [0.15, 0.2) is 5.17 Å². The van der Waals surface area contributed by atoms with Gasteiger partial charge in [-0.05, 0) is 49.4 Å². The number of nitrogens with one attached hydrogen (secondary N) is 1. The van der Waals surface area contributed by atoms with Crippen molar-refractivity contribution in [3.8, 4) is 0 Å². The Hall–Kier alpha value is -0.180. The molecular formula is C16H28N2S. The quantitative estimate of drug-likeness (QED) is 0.783. The first-order valence-corrected chi connectivity index (χ1v) is 9.09. The Bertz CT molecular complexity index is 347. The van der Waals surface area contributed by atoms with E-state index in [4.69, 9.17) is 4.99 Å². The molecule has 3 unspecified atom stereocenters. The SMILES string of the molecule is CC1CCC(NC2=NCC3(CCCC3)CS2)CC1C.